The summed E-state index contributed by atoms with van der Waals surface area (Å²) in [6, 6.07) is 8.76. The molecule has 2 rings (SSSR count). The monoisotopic (exact) mass is 276 g/mol. The van der Waals surface area contributed by atoms with Gasteiger partial charge in [-0.05, 0) is 37.3 Å². The quantitative estimate of drug-likeness (QED) is 0.801. The lowest BCUT2D eigenvalue weighted by Gasteiger charge is -2.37. The number of methoxy groups -OCH3 is 1. The maximum atomic E-state index is 11.3. The van der Waals surface area contributed by atoms with Crippen molar-refractivity contribution in [3.63, 3.8) is 0 Å². The van der Waals surface area contributed by atoms with Gasteiger partial charge in [0, 0.05) is 25.6 Å². The van der Waals surface area contributed by atoms with E-state index >= 15 is 0 Å². The highest BCUT2D eigenvalue weighted by molar-refractivity contribution is 5.75. The number of nitrogens with one attached hydrogen (secondary N) is 2. The summed E-state index contributed by atoms with van der Waals surface area (Å²) in [6.07, 6.45) is 2.80. The highest BCUT2D eigenvalue weighted by Gasteiger charge is 2.31. The molecule has 1 aliphatic rings. The van der Waals surface area contributed by atoms with Gasteiger partial charge in [-0.15, -0.1) is 0 Å². The second-order valence-electron chi connectivity index (χ2n) is 5.26. The normalized spacial score (nSPS) is 21.1. The van der Waals surface area contributed by atoms with Gasteiger partial charge in [0.1, 0.15) is 5.75 Å². The standard InChI is InChI=1S/C16H24N2O2/c1-3-17-16(19)8-9-18-13-10-12(11-13)14-6-4-5-7-15(14)20-2/h4-7,12-13,18H,3,8-11H2,1-2H3,(H,17,19). The lowest BCUT2D eigenvalue weighted by molar-refractivity contribution is -0.120. The van der Waals surface area contributed by atoms with Crippen molar-refractivity contribution < 1.29 is 9.53 Å². The van der Waals surface area contributed by atoms with E-state index in [0.29, 0.717) is 24.9 Å². The third kappa shape index (κ3) is 3.73. The Bertz CT molecular complexity index is 442. The van der Waals surface area contributed by atoms with Crippen molar-refractivity contribution in [3.8, 4) is 5.75 Å². The van der Waals surface area contributed by atoms with E-state index in [-0.39, 0.29) is 5.91 Å². The number of ether oxygens (including phenoxy) is 1. The fourth-order valence-corrected chi connectivity index (χ4v) is 2.72. The van der Waals surface area contributed by atoms with Gasteiger partial charge in [-0.1, -0.05) is 18.2 Å². The molecule has 4 heteroatoms. The maximum Gasteiger partial charge on any atom is 0.221 e. The molecule has 0 spiro atoms. The first kappa shape index (κ1) is 14.9. The Labute approximate surface area is 120 Å². The number of benzene rings is 1. The molecule has 20 heavy (non-hydrogen) atoms. The molecule has 0 atom stereocenters. The lowest BCUT2D eigenvalue weighted by Crippen LogP contribution is -2.41. The molecule has 0 unspecified atom stereocenters. The topological polar surface area (TPSA) is 50.4 Å². The van der Waals surface area contributed by atoms with Gasteiger partial charge < -0.3 is 15.4 Å². The molecule has 0 aromatic heterocycles. The van der Waals surface area contributed by atoms with E-state index in [0.717, 1.165) is 25.1 Å². The van der Waals surface area contributed by atoms with E-state index in [1.165, 1.54) is 5.56 Å². The summed E-state index contributed by atoms with van der Waals surface area (Å²) in [4.78, 5) is 11.3. The Hall–Kier alpha value is -1.55. The van der Waals surface area contributed by atoms with Crippen molar-refractivity contribution >= 4 is 5.91 Å². The van der Waals surface area contributed by atoms with Crippen LogP contribution in [0.4, 0.5) is 0 Å². The molecule has 0 heterocycles. The first-order valence-corrected chi connectivity index (χ1v) is 7.37. The fraction of sp³-hybridized carbons (Fsp3) is 0.562. The number of carbonyl (C=O) groups is 1. The van der Waals surface area contributed by atoms with E-state index < -0.39 is 0 Å². The summed E-state index contributed by atoms with van der Waals surface area (Å²) in [6.45, 7) is 3.41. The van der Waals surface area contributed by atoms with Crippen LogP contribution in [0.3, 0.4) is 0 Å². The summed E-state index contributed by atoms with van der Waals surface area (Å²) in [5.74, 6) is 1.69. The lowest BCUT2D eigenvalue weighted by atomic mass is 9.75. The van der Waals surface area contributed by atoms with Gasteiger partial charge >= 0.3 is 0 Å². The molecule has 0 aliphatic heterocycles. The maximum absolute atomic E-state index is 11.3. The first-order chi connectivity index (χ1) is 9.74. The van der Waals surface area contributed by atoms with Crippen LogP contribution in [0.1, 0.15) is 37.7 Å². The minimum absolute atomic E-state index is 0.126. The molecule has 1 fully saturated rings. The van der Waals surface area contributed by atoms with Crippen molar-refractivity contribution in [1.82, 2.24) is 10.6 Å². The molecule has 1 saturated carbocycles. The van der Waals surface area contributed by atoms with Crippen LogP contribution in [0.15, 0.2) is 24.3 Å². The highest BCUT2D eigenvalue weighted by Crippen LogP contribution is 2.40. The van der Waals surface area contributed by atoms with Crippen LogP contribution < -0.4 is 15.4 Å². The molecule has 0 bridgehead atoms. The van der Waals surface area contributed by atoms with Gasteiger partial charge in [-0.25, -0.2) is 0 Å². The number of para-hydroxylation sites is 1. The molecule has 1 aromatic rings. The second kappa shape index (κ2) is 7.29. The summed E-state index contributed by atoms with van der Waals surface area (Å²) < 4.78 is 5.40. The smallest absolute Gasteiger partial charge is 0.221 e. The van der Waals surface area contributed by atoms with Crippen molar-refractivity contribution in [2.75, 3.05) is 20.2 Å². The molecule has 110 valence electrons. The van der Waals surface area contributed by atoms with Crippen molar-refractivity contribution in [3.05, 3.63) is 29.8 Å². The Balaban J connectivity index is 1.71. The third-order valence-corrected chi connectivity index (χ3v) is 3.88. The SMILES string of the molecule is CCNC(=O)CCNC1CC(c2ccccc2OC)C1. The minimum Gasteiger partial charge on any atom is -0.496 e. The van der Waals surface area contributed by atoms with E-state index in [4.69, 9.17) is 4.74 Å². The molecule has 2 N–H and O–H groups in total. The van der Waals surface area contributed by atoms with E-state index in [1.807, 2.05) is 19.1 Å². The zero-order valence-electron chi connectivity index (χ0n) is 12.3. The zero-order chi connectivity index (χ0) is 14.4. The average Bonchev–Trinajstić information content (AvgIpc) is 2.41. The van der Waals surface area contributed by atoms with Crippen LogP contribution in [0.25, 0.3) is 0 Å². The molecule has 4 nitrogen and oxygen atoms in total. The number of rotatable bonds is 7. The van der Waals surface area contributed by atoms with Crippen molar-refractivity contribution in [1.29, 1.82) is 0 Å². The average molecular weight is 276 g/mol. The van der Waals surface area contributed by atoms with Gasteiger partial charge in [-0.3, -0.25) is 4.79 Å². The molecule has 1 amide bonds. The molecular weight excluding hydrogens is 252 g/mol. The minimum atomic E-state index is 0.126. The second-order valence-corrected chi connectivity index (χ2v) is 5.26. The van der Waals surface area contributed by atoms with Crippen LogP contribution in [-0.4, -0.2) is 32.1 Å². The van der Waals surface area contributed by atoms with Crippen molar-refractivity contribution in [2.45, 2.75) is 38.1 Å². The van der Waals surface area contributed by atoms with Crippen molar-refractivity contribution in [2.24, 2.45) is 0 Å². The number of hydrogen-bond acceptors (Lipinski definition) is 3. The summed E-state index contributed by atoms with van der Waals surface area (Å²) in [5.41, 5.74) is 1.30. The molecule has 1 aliphatic carbocycles. The fourth-order valence-electron chi connectivity index (χ4n) is 2.72. The molecular formula is C16H24N2O2. The van der Waals surface area contributed by atoms with E-state index in [1.54, 1.807) is 7.11 Å². The zero-order valence-corrected chi connectivity index (χ0v) is 12.3. The Morgan fingerprint density at radius 3 is 2.80 bits per heavy atom. The summed E-state index contributed by atoms with van der Waals surface area (Å²) >= 11 is 0. The number of amides is 1. The van der Waals surface area contributed by atoms with Crippen LogP contribution >= 0.6 is 0 Å². The van der Waals surface area contributed by atoms with Crippen LogP contribution in [0.2, 0.25) is 0 Å². The van der Waals surface area contributed by atoms with Gasteiger partial charge in [0.25, 0.3) is 0 Å². The van der Waals surface area contributed by atoms with Crippen LogP contribution in [-0.2, 0) is 4.79 Å². The van der Waals surface area contributed by atoms with Gasteiger partial charge in [0.2, 0.25) is 5.91 Å². The van der Waals surface area contributed by atoms with Crippen LogP contribution in [0, 0.1) is 0 Å². The predicted molar refractivity (Wildman–Crippen MR) is 80.1 cm³/mol. The number of hydrogen-bond donors (Lipinski definition) is 2. The van der Waals surface area contributed by atoms with Gasteiger partial charge in [0.15, 0.2) is 0 Å². The summed E-state index contributed by atoms with van der Waals surface area (Å²) in [7, 11) is 1.72. The van der Waals surface area contributed by atoms with Gasteiger partial charge in [0.05, 0.1) is 7.11 Å². The summed E-state index contributed by atoms with van der Waals surface area (Å²) in [5, 5.41) is 6.25. The molecule has 1 aromatic carbocycles. The molecule has 0 radical (unpaired) electrons. The predicted octanol–water partition coefficient (Wildman–Crippen LogP) is 2.06. The first-order valence-electron chi connectivity index (χ1n) is 7.37. The Kier molecular flexibility index (Phi) is 5.41. The van der Waals surface area contributed by atoms with Gasteiger partial charge in [-0.2, -0.15) is 0 Å². The van der Waals surface area contributed by atoms with E-state index in [2.05, 4.69) is 22.8 Å². The highest BCUT2D eigenvalue weighted by atomic mass is 16.5. The largest absolute Gasteiger partial charge is 0.496 e. The Morgan fingerprint density at radius 2 is 2.10 bits per heavy atom. The third-order valence-electron chi connectivity index (χ3n) is 3.88. The molecule has 0 saturated heterocycles. The van der Waals surface area contributed by atoms with E-state index in [9.17, 15) is 4.79 Å². The Morgan fingerprint density at radius 1 is 1.35 bits per heavy atom. The number of carbonyl (C=O) groups excluding carboxylic acids is 1. The van der Waals surface area contributed by atoms with Crippen LogP contribution in [0.5, 0.6) is 5.75 Å².